The number of thiocarbonyl (C=S) groups is 1. The fraction of sp³-hybridized carbons (Fsp3) is 0.917. The van der Waals surface area contributed by atoms with Crippen LogP contribution in [0.1, 0.15) is 39.0 Å². The van der Waals surface area contributed by atoms with Gasteiger partial charge >= 0.3 is 0 Å². The second-order valence-corrected chi connectivity index (χ2v) is 5.59. The van der Waals surface area contributed by atoms with Gasteiger partial charge in [-0.05, 0) is 31.1 Å². The molecule has 2 heteroatoms. The van der Waals surface area contributed by atoms with E-state index in [1.54, 1.807) is 0 Å². The van der Waals surface area contributed by atoms with Gasteiger partial charge in [0.2, 0.25) is 0 Å². The Bertz CT molecular complexity index is 226. The monoisotopic (exact) mass is 211 g/mol. The van der Waals surface area contributed by atoms with E-state index < -0.39 is 0 Å². The molecule has 0 amide bonds. The molecule has 1 aliphatic heterocycles. The van der Waals surface area contributed by atoms with Crippen LogP contribution in [0.15, 0.2) is 0 Å². The molecule has 2 aliphatic rings. The molecule has 0 aromatic rings. The Labute approximate surface area is 92.9 Å². The fourth-order valence-corrected chi connectivity index (χ4v) is 3.37. The molecule has 1 nitrogen and oxygen atoms in total. The van der Waals surface area contributed by atoms with Gasteiger partial charge in [-0.25, -0.2) is 0 Å². The minimum absolute atomic E-state index is 0.730. The van der Waals surface area contributed by atoms with Gasteiger partial charge < -0.3 is 4.90 Å². The van der Waals surface area contributed by atoms with E-state index >= 15 is 0 Å². The SMILES string of the molecule is CC1CCC2CCN(C)C(=S)C2CC1. The summed E-state index contributed by atoms with van der Waals surface area (Å²) in [5.41, 5.74) is 0. The molecule has 3 atom stereocenters. The third-order valence-corrected chi connectivity index (χ3v) is 4.71. The van der Waals surface area contributed by atoms with Crippen LogP contribution in [0.4, 0.5) is 0 Å². The van der Waals surface area contributed by atoms with Crippen molar-refractivity contribution >= 4 is 17.2 Å². The van der Waals surface area contributed by atoms with Gasteiger partial charge in [0.25, 0.3) is 0 Å². The van der Waals surface area contributed by atoms with Crippen molar-refractivity contribution < 1.29 is 0 Å². The van der Waals surface area contributed by atoms with Crippen LogP contribution in [0.25, 0.3) is 0 Å². The molecule has 2 fully saturated rings. The molecule has 14 heavy (non-hydrogen) atoms. The number of rotatable bonds is 0. The molecule has 1 aliphatic carbocycles. The standard InChI is InChI=1S/C12H21NS/c1-9-3-5-10-7-8-13(2)12(14)11(10)6-4-9/h9-11H,3-8H2,1-2H3. The molecule has 0 spiro atoms. The summed E-state index contributed by atoms with van der Waals surface area (Å²) < 4.78 is 0. The quantitative estimate of drug-likeness (QED) is 0.566. The molecule has 2 rings (SSSR count). The first-order valence-electron chi connectivity index (χ1n) is 5.93. The van der Waals surface area contributed by atoms with Gasteiger partial charge in [0.05, 0.1) is 4.99 Å². The molecule has 1 heterocycles. The first-order valence-corrected chi connectivity index (χ1v) is 6.34. The van der Waals surface area contributed by atoms with Crippen molar-refractivity contribution in [1.29, 1.82) is 0 Å². The van der Waals surface area contributed by atoms with Crippen molar-refractivity contribution in [2.75, 3.05) is 13.6 Å². The smallest absolute Gasteiger partial charge is 0.0810 e. The highest BCUT2D eigenvalue weighted by atomic mass is 32.1. The van der Waals surface area contributed by atoms with E-state index in [4.69, 9.17) is 12.2 Å². The van der Waals surface area contributed by atoms with Gasteiger partial charge in [-0.3, -0.25) is 0 Å². The number of likely N-dealkylation sites (tertiary alicyclic amines) is 1. The second kappa shape index (κ2) is 4.18. The first-order chi connectivity index (χ1) is 6.68. The van der Waals surface area contributed by atoms with Crippen LogP contribution in [0, 0.1) is 17.8 Å². The molecule has 0 aromatic heterocycles. The van der Waals surface area contributed by atoms with Crippen LogP contribution in [0.2, 0.25) is 0 Å². The van der Waals surface area contributed by atoms with Crippen molar-refractivity contribution in [2.24, 2.45) is 17.8 Å². The van der Waals surface area contributed by atoms with Gasteiger partial charge in [-0.1, -0.05) is 32.0 Å². The Hall–Kier alpha value is -0.110. The molecule has 1 saturated carbocycles. The largest absolute Gasteiger partial charge is 0.369 e. The van der Waals surface area contributed by atoms with Gasteiger partial charge in [-0.15, -0.1) is 0 Å². The topological polar surface area (TPSA) is 3.24 Å². The third-order valence-electron chi connectivity index (χ3n) is 4.10. The average molecular weight is 211 g/mol. The van der Waals surface area contributed by atoms with Crippen molar-refractivity contribution in [3.05, 3.63) is 0 Å². The van der Waals surface area contributed by atoms with Gasteiger partial charge in [0.1, 0.15) is 0 Å². The highest BCUT2D eigenvalue weighted by Crippen LogP contribution is 2.37. The lowest BCUT2D eigenvalue weighted by Gasteiger charge is -2.37. The molecule has 0 N–H and O–H groups in total. The summed E-state index contributed by atoms with van der Waals surface area (Å²) in [4.78, 5) is 3.54. The number of fused-ring (bicyclic) bond motifs is 1. The third kappa shape index (κ3) is 1.95. The van der Waals surface area contributed by atoms with E-state index in [2.05, 4.69) is 18.9 Å². The van der Waals surface area contributed by atoms with Crippen molar-refractivity contribution in [1.82, 2.24) is 4.90 Å². The van der Waals surface area contributed by atoms with Crippen molar-refractivity contribution in [3.63, 3.8) is 0 Å². The predicted octanol–water partition coefficient (Wildman–Crippen LogP) is 3.09. The molecule has 0 radical (unpaired) electrons. The lowest BCUT2D eigenvalue weighted by atomic mass is 9.82. The van der Waals surface area contributed by atoms with Crippen molar-refractivity contribution in [2.45, 2.75) is 39.0 Å². The van der Waals surface area contributed by atoms with Crippen LogP contribution >= 0.6 is 12.2 Å². The van der Waals surface area contributed by atoms with Gasteiger partial charge in [-0.2, -0.15) is 0 Å². The summed E-state index contributed by atoms with van der Waals surface area (Å²) in [6.45, 7) is 3.58. The summed E-state index contributed by atoms with van der Waals surface area (Å²) in [5, 5.41) is 0. The van der Waals surface area contributed by atoms with E-state index in [0.29, 0.717) is 0 Å². The predicted molar refractivity (Wildman–Crippen MR) is 64.5 cm³/mol. The maximum absolute atomic E-state index is 5.55. The number of nitrogens with zero attached hydrogens (tertiary/aromatic N) is 1. The highest BCUT2D eigenvalue weighted by Gasteiger charge is 2.33. The maximum Gasteiger partial charge on any atom is 0.0810 e. The van der Waals surface area contributed by atoms with E-state index in [-0.39, 0.29) is 0 Å². The Balaban J connectivity index is 2.07. The lowest BCUT2D eigenvalue weighted by Crippen LogP contribution is -2.41. The minimum Gasteiger partial charge on any atom is -0.369 e. The van der Waals surface area contributed by atoms with Crippen molar-refractivity contribution in [3.8, 4) is 0 Å². The van der Waals surface area contributed by atoms with Crippen LogP contribution in [0.5, 0.6) is 0 Å². The van der Waals surface area contributed by atoms with Crippen LogP contribution in [-0.2, 0) is 0 Å². The fourth-order valence-electron chi connectivity index (χ4n) is 2.97. The molecule has 3 unspecified atom stereocenters. The van der Waals surface area contributed by atoms with E-state index in [9.17, 15) is 0 Å². The molecular formula is C12H21NS. The van der Waals surface area contributed by atoms with Crippen LogP contribution < -0.4 is 0 Å². The summed E-state index contributed by atoms with van der Waals surface area (Å²) in [5.74, 6) is 2.56. The van der Waals surface area contributed by atoms with E-state index in [0.717, 1.165) is 17.8 Å². The molecule has 1 saturated heterocycles. The minimum atomic E-state index is 0.730. The first kappa shape index (κ1) is 10.4. The zero-order chi connectivity index (χ0) is 10.1. The highest BCUT2D eigenvalue weighted by molar-refractivity contribution is 7.80. The Morgan fingerprint density at radius 2 is 1.86 bits per heavy atom. The Kier molecular flexibility index (Phi) is 3.10. The van der Waals surface area contributed by atoms with Crippen LogP contribution in [-0.4, -0.2) is 23.5 Å². The van der Waals surface area contributed by atoms with Gasteiger partial charge in [0.15, 0.2) is 0 Å². The Morgan fingerprint density at radius 3 is 2.64 bits per heavy atom. The summed E-state index contributed by atoms with van der Waals surface area (Å²) in [6.07, 6.45) is 6.94. The molecule has 0 aromatic carbocycles. The zero-order valence-corrected chi connectivity index (χ0v) is 10.1. The van der Waals surface area contributed by atoms with Gasteiger partial charge in [0, 0.05) is 19.5 Å². The normalized spacial score (nSPS) is 39.1. The molecule has 80 valence electrons. The van der Waals surface area contributed by atoms with Crippen LogP contribution in [0.3, 0.4) is 0 Å². The average Bonchev–Trinajstić information content (AvgIpc) is 2.35. The maximum atomic E-state index is 5.55. The summed E-state index contributed by atoms with van der Waals surface area (Å²) >= 11 is 5.55. The summed E-state index contributed by atoms with van der Waals surface area (Å²) in [6, 6.07) is 0. The lowest BCUT2D eigenvalue weighted by molar-refractivity contribution is 0.273. The Morgan fingerprint density at radius 1 is 1.14 bits per heavy atom. The number of hydrogen-bond acceptors (Lipinski definition) is 1. The second-order valence-electron chi connectivity index (χ2n) is 5.17. The summed E-state index contributed by atoms with van der Waals surface area (Å²) in [7, 11) is 2.16. The zero-order valence-electron chi connectivity index (χ0n) is 9.33. The number of piperidine rings is 1. The van der Waals surface area contributed by atoms with E-state index in [1.807, 2.05) is 0 Å². The van der Waals surface area contributed by atoms with E-state index in [1.165, 1.54) is 43.6 Å². The number of hydrogen-bond donors (Lipinski definition) is 0. The molecule has 0 bridgehead atoms. The molecular weight excluding hydrogens is 190 g/mol.